The standard InChI is InChI=1S/C15H25N3O/c1-11(2)8-12(10-16)15(19)17-13-6-5-7-14(9-13)18(3)4/h5-7,9,11-12H,8,10,16H2,1-4H3,(H,17,19). The maximum atomic E-state index is 12.2. The number of benzene rings is 1. The van der Waals surface area contributed by atoms with Gasteiger partial charge >= 0.3 is 0 Å². The molecule has 1 unspecified atom stereocenters. The number of nitrogens with two attached hydrogens (primary N) is 1. The molecule has 0 saturated carbocycles. The topological polar surface area (TPSA) is 58.4 Å². The monoisotopic (exact) mass is 263 g/mol. The van der Waals surface area contributed by atoms with Gasteiger partial charge in [0.1, 0.15) is 0 Å². The Balaban J connectivity index is 2.72. The van der Waals surface area contributed by atoms with Crippen molar-refractivity contribution in [3.63, 3.8) is 0 Å². The van der Waals surface area contributed by atoms with Crippen LogP contribution in [0.2, 0.25) is 0 Å². The average molecular weight is 263 g/mol. The maximum absolute atomic E-state index is 12.2. The van der Waals surface area contributed by atoms with Gasteiger partial charge in [-0.15, -0.1) is 0 Å². The molecule has 3 N–H and O–H groups in total. The Hall–Kier alpha value is -1.55. The van der Waals surface area contributed by atoms with Gasteiger partial charge in [-0.1, -0.05) is 19.9 Å². The summed E-state index contributed by atoms with van der Waals surface area (Å²) < 4.78 is 0. The van der Waals surface area contributed by atoms with Crippen molar-refractivity contribution in [3.8, 4) is 0 Å². The number of anilines is 2. The van der Waals surface area contributed by atoms with Crippen LogP contribution in [-0.4, -0.2) is 26.5 Å². The quantitative estimate of drug-likeness (QED) is 0.828. The minimum absolute atomic E-state index is 0.00658. The number of nitrogens with one attached hydrogen (secondary N) is 1. The van der Waals surface area contributed by atoms with Crippen LogP contribution in [0.25, 0.3) is 0 Å². The molecule has 19 heavy (non-hydrogen) atoms. The van der Waals surface area contributed by atoms with Gasteiger partial charge < -0.3 is 16.0 Å². The summed E-state index contributed by atoms with van der Waals surface area (Å²) in [4.78, 5) is 14.2. The predicted octanol–water partition coefficient (Wildman–Crippen LogP) is 2.31. The summed E-state index contributed by atoms with van der Waals surface area (Å²) in [5, 5.41) is 2.95. The zero-order valence-corrected chi connectivity index (χ0v) is 12.3. The first-order valence-corrected chi connectivity index (χ1v) is 6.72. The Morgan fingerprint density at radius 1 is 1.37 bits per heavy atom. The molecule has 1 rings (SSSR count). The lowest BCUT2D eigenvalue weighted by molar-refractivity contribution is -0.120. The van der Waals surface area contributed by atoms with Crippen molar-refractivity contribution in [2.24, 2.45) is 17.6 Å². The molecule has 1 atom stereocenters. The molecule has 1 aromatic carbocycles. The minimum Gasteiger partial charge on any atom is -0.378 e. The highest BCUT2D eigenvalue weighted by Gasteiger charge is 2.18. The number of carbonyl (C=O) groups is 1. The van der Waals surface area contributed by atoms with E-state index in [1.807, 2.05) is 43.3 Å². The van der Waals surface area contributed by atoms with E-state index in [1.54, 1.807) is 0 Å². The molecule has 0 bridgehead atoms. The highest BCUT2D eigenvalue weighted by molar-refractivity contribution is 5.93. The normalized spacial score (nSPS) is 12.3. The molecule has 0 aliphatic heterocycles. The second-order valence-electron chi connectivity index (χ2n) is 5.50. The van der Waals surface area contributed by atoms with Crippen LogP contribution >= 0.6 is 0 Å². The first-order valence-electron chi connectivity index (χ1n) is 6.72. The van der Waals surface area contributed by atoms with Gasteiger partial charge in [0.25, 0.3) is 0 Å². The zero-order valence-electron chi connectivity index (χ0n) is 12.3. The first-order chi connectivity index (χ1) is 8.93. The first kappa shape index (κ1) is 15.5. The highest BCUT2D eigenvalue weighted by Crippen LogP contribution is 2.19. The van der Waals surface area contributed by atoms with Crippen molar-refractivity contribution in [1.82, 2.24) is 0 Å². The number of nitrogens with zero attached hydrogens (tertiary/aromatic N) is 1. The molecule has 4 nitrogen and oxygen atoms in total. The number of rotatable bonds is 6. The lowest BCUT2D eigenvalue weighted by atomic mass is 9.96. The lowest BCUT2D eigenvalue weighted by Gasteiger charge is -2.18. The van der Waals surface area contributed by atoms with Gasteiger partial charge in [0, 0.05) is 32.0 Å². The van der Waals surface area contributed by atoms with Crippen LogP contribution in [0.3, 0.4) is 0 Å². The molecular formula is C15H25N3O. The maximum Gasteiger partial charge on any atom is 0.228 e. The van der Waals surface area contributed by atoms with Gasteiger partial charge in [-0.3, -0.25) is 4.79 Å². The van der Waals surface area contributed by atoms with E-state index in [-0.39, 0.29) is 11.8 Å². The van der Waals surface area contributed by atoms with E-state index < -0.39 is 0 Å². The molecule has 0 radical (unpaired) electrons. The Kier molecular flexibility index (Phi) is 5.83. The molecule has 0 aliphatic carbocycles. The Morgan fingerprint density at radius 2 is 2.05 bits per heavy atom. The molecule has 0 aliphatic rings. The molecule has 106 valence electrons. The smallest absolute Gasteiger partial charge is 0.228 e. The van der Waals surface area contributed by atoms with Gasteiger partial charge in [-0.25, -0.2) is 0 Å². The van der Waals surface area contributed by atoms with Crippen LogP contribution in [0.15, 0.2) is 24.3 Å². The van der Waals surface area contributed by atoms with Gasteiger partial charge in [-0.05, 0) is 30.5 Å². The predicted molar refractivity (Wildman–Crippen MR) is 81.4 cm³/mol. The Morgan fingerprint density at radius 3 is 2.58 bits per heavy atom. The fourth-order valence-corrected chi connectivity index (χ4v) is 1.99. The lowest BCUT2D eigenvalue weighted by Crippen LogP contribution is -2.30. The highest BCUT2D eigenvalue weighted by atomic mass is 16.1. The van der Waals surface area contributed by atoms with E-state index in [1.165, 1.54) is 0 Å². The Bertz CT molecular complexity index is 416. The molecule has 0 aromatic heterocycles. The van der Waals surface area contributed by atoms with E-state index in [9.17, 15) is 4.79 Å². The molecule has 0 heterocycles. The van der Waals surface area contributed by atoms with Gasteiger partial charge in [0.05, 0.1) is 5.92 Å². The number of amides is 1. The summed E-state index contributed by atoms with van der Waals surface area (Å²) in [7, 11) is 3.95. The zero-order chi connectivity index (χ0) is 14.4. The number of hydrogen-bond acceptors (Lipinski definition) is 3. The van der Waals surface area contributed by atoms with Crippen LogP contribution in [0.4, 0.5) is 11.4 Å². The van der Waals surface area contributed by atoms with E-state index in [2.05, 4.69) is 19.2 Å². The van der Waals surface area contributed by atoms with Crippen LogP contribution in [0.1, 0.15) is 20.3 Å². The van der Waals surface area contributed by atoms with Crippen molar-refractivity contribution in [3.05, 3.63) is 24.3 Å². The number of carbonyl (C=O) groups excluding carboxylic acids is 1. The number of hydrogen-bond donors (Lipinski definition) is 2. The fraction of sp³-hybridized carbons (Fsp3) is 0.533. The minimum atomic E-state index is -0.122. The summed E-state index contributed by atoms with van der Waals surface area (Å²) >= 11 is 0. The van der Waals surface area contributed by atoms with Gasteiger partial charge in [-0.2, -0.15) is 0 Å². The van der Waals surface area contributed by atoms with E-state index in [4.69, 9.17) is 5.73 Å². The Labute approximate surface area is 116 Å². The van der Waals surface area contributed by atoms with Crippen LogP contribution in [0, 0.1) is 11.8 Å². The molecule has 0 fully saturated rings. The van der Waals surface area contributed by atoms with Crippen molar-refractivity contribution < 1.29 is 4.79 Å². The van der Waals surface area contributed by atoms with Crippen molar-refractivity contribution >= 4 is 17.3 Å². The van der Waals surface area contributed by atoms with E-state index >= 15 is 0 Å². The summed E-state index contributed by atoms with van der Waals surface area (Å²) in [6.45, 7) is 4.59. The summed E-state index contributed by atoms with van der Waals surface area (Å²) in [6, 6.07) is 7.80. The summed E-state index contributed by atoms with van der Waals surface area (Å²) in [5.41, 5.74) is 7.56. The molecular weight excluding hydrogens is 238 g/mol. The van der Waals surface area contributed by atoms with Crippen molar-refractivity contribution in [2.75, 3.05) is 30.9 Å². The summed E-state index contributed by atoms with van der Waals surface area (Å²) in [5.74, 6) is 0.350. The molecule has 1 amide bonds. The van der Waals surface area contributed by atoms with Gasteiger partial charge in [0.2, 0.25) is 5.91 Å². The van der Waals surface area contributed by atoms with Gasteiger partial charge in [0.15, 0.2) is 0 Å². The van der Waals surface area contributed by atoms with Crippen molar-refractivity contribution in [1.29, 1.82) is 0 Å². The third-order valence-electron chi connectivity index (χ3n) is 3.04. The molecule has 4 heteroatoms. The fourth-order valence-electron chi connectivity index (χ4n) is 1.99. The van der Waals surface area contributed by atoms with Crippen molar-refractivity contribution in [2.45, 2.75) is 20.3 Å². The van der Waals surface area contributed by atoms with Crippen LogP contribution in [-0.2, 0) is 4.79 Å². The molecule has 0 saturated heterocycles. The van der Waals surface area contributed by atoms with E-state index in [0.717, 1.165) is 17.8 Å². The second-order valence-corrected chi connectivity index (χ2v) is 5.50. The second kappa shape index (κ2) is 7.14. The van der Waals surface area contributed by atoms with Crippen LogP contribution in [0.5, 0.6) is 0 Å². The molecule has 1 aromatic rings. The third-order valence-corrected chi connectivity index (χ3v) is 3.04. The average Bonchev–Trinajstić information content (AvgIpc) is 2.35. The summed E-state index contributed by atoms with van der Waals surface area (Å²) in [6.07, 6.45) is 0.815. The van der Waals surface area contributed by atoms with Crippen LogP contribution < -0.4 is 16.0 Å². The largest absolute Gasteiger partial charge is 0.378 e. The SMILES string of the molecule is CC(C)CC(CN)C(=O)Nc1cccc(N(C)C)c1. The third kappa shape index (κ3) is 4.91. The van der Waals surface area contributed by atoms with E-state index in [0.29, 0.717) is 12.5 Å². The molecule has 0 spiro atoms.